The third kappa shape index (κ3) is 8.43. The first-order chi connectivity index (χ1) is 8.63. The van der Waals surface area contributed by atoms with Gasteiger partial charge in [-0.3, -0.25) is 4.98 Å². The highest BCUT2D eigenvalue weighted by atomic mass is 16.1. The third-order valence-electron chi connectivity index (χ3n) is 2.02. The second-order valence-electron chi connectivity index (χ2n) is 3.79. The Kier molecular flexibility index (Phi) is 9.44. The SMILES string of the molecule is C/C(=C\NCN)Cc1ccc(C)nc1.NCC=O. The number of allylic oxidation sites excluding steroid dienone is 1. The number of nitrogens with two attached hydrogens (primary N) is 2. The summed E-state index contributed by atoms with van der Waals surface area (Å²) >= 11 is 0. The van der Waals surface area contributed by atoms with E-state index >= 15 is 0 Å². The average Bonchev–Trinajstić information content (AvgIpc) is 2.39. The van der Waals surface area contributed by atoms with Crippen LogP contribution in [-0.4, -0.2) is 24.5 Å². The second kappa shape index (κ2) is 10.4. The van der Waals surface area contributed by atoms with E-state index < -0.39 is 0 Å². The van der Waals surface area contributed by atoms with Gasteiger partial charge >= 0.3 is 0 Å². The molecule has 1 rings (SSSR count). The van der Waals surface area contributed by atoms with Gasteiger partial charge in [-0.1, -0.05) is 11.6 Å². The largest absolute Gasteiger partial charge is 0.379 e. The van der Waals surface area contributed by atoms with E-state index in [1.807, 2.05) is 25.4 Å². The van der Waals surface area contributed by atoms with Crippen molar-refractivity contribution in [3.8, 4) is 0 Å². The molecule has 5 N–H and O–H groups in total. The zero-order valence-corrected chi connectivity index (χ0v) is 11.0. The molecule has 0 atom stereocenters. The van der Waals surface area contributed by atoms with Gasteiger partial charge in [-0.05, 0) is 38.1 Å². The molecule has 1 aromatic rings. The van der Waals surface area contributed by atoms with Gasteiger partial charge in [-0.2, -0.15) is 0 Å². The van der Waals surface area contributed by atoms with Crippen LogP contribution >= 0.6 is 0 Å². The zero-order chi connectivity index (χ0) is 13.8. The van der Waals surface area contributed by atoms with Gasteiger partial charge in [-0.15, -0.1) is 0 Å². The summed E-state index contributed by atoms with van der Waals surface area (Å²) in [6.45, 7) is 4.68. The number of pyridine rings is 1. The van der Waals surface area contributed by atoms with Crippen LogP contribution in [0.3, 0.4) is 0 Å². The molecule has 100 valence electrons. The lowest BCUT2D eigenvalue weighted by molar-refractivity contribution is -0.106. The maximum Gasteiger partial charge on any atom is 0.133 e. The number of aldehydes is 1. The molecule has 0 saturated carbocycles. The lowest BCUT2D eigenvalue weighted by Gasteiger charge is -2.02. The third-order valence-corrected chi connectivity index (χ3v) is 2.02. The first-order valence-corrected chi connectivity index (χ1v) is 5.78. The summed E-state index contributed by atoms with van der Waals surface area (Å²) in [5, 5.41) is 2.97. The monoisotopic (exact) mass is 250 g/mol. The van der Waals surface area contributed by atoms with Crippen molar-refractivity contribution >= 4 is 6.29 Å². The highest BCUT2D eigenvalue weighted by Gasteiger charge is 1.94. The number of carbonyl (C=O) groups is 1. The molecule has 1 aromatic heterocycles. The molecule has 5 heteroatoms. The molecule has 0 aliphatic heterocycles. The molecule has 0 bridgehead atoms. The number of aryl methyl sites for hydroxylation is 1. The highest BCUT2D eigenvalue weighted by molar-refractivity contribution is 5.51. The van der Waals surface area contributed by atoms with Crippen LogP contribution in [0.1, 0.15) is 18.2 Å². The van der Waals surface area contributed by atoms with Crippen LogP contribution in [0.25, 0.3) is 0 Å². The average molecular weight is 250 g/mol. The van der Waals surface area contributed by atoms with Crippen molar-refractivity contribution in [2.24, 2.45) is 11.5 Å². The van der Waals surface area contributed by atoms with Crippen molar-refractivity contribution in [1.29, 1.82) is 0 Å². The van der Waals surface area contributed by atoms with Crippen LogP contribution in [0.4, 0.5) is 0 Å². The normalized spacial score (nSPS) is 10.3. The first-order valence-electron chi connectivity index (χ1n) is 5.78. The molecule has 0 fully saturated rings. The van der Waals surface area contributed by atoms with Crippen LogP contribution in [0.2, 0.25) is 0 Å². The maximum absolute atomic E-state index is 9.05. The number of hydrogen-bond donors (Lipinski definition) is 3. The molecular formula is C13H22N4O. The minimum absolute atomic E-state index is 0.139. The molecule has 18 heavy (non-hydrogen) atoms. The van der Waals surface area contributed by atoms with E-state index in [4.69, 9.17) is 10.5 Å². The molecule has 1 heterocycles. The number of carbonyl (C=O) groups excluding carboxylic acids is 1. The van der Waals surface area contributed by atoms with Crippen LogP contribution in [0.5, 0.6) is 0 Å². The molecule has 0 aliphatic carbocycles. The molecule has 0 aliphatic rings. The van der Waals surface area contributed by atoms with Gasteiger partial charge in [0.15, 0.2) is 0 Å². The molecule has 0 amide bonds. The maximum atomic E-state index is 9.05. The van der Waals surface area contributed by atoms with E-state index in [-0.39, 0.29) is 6.54 Å². The zero-order valence-electron chi connectivity index (χ0n) is 11.0. The van der Waals surface area contributed by atoms with E-state index in [0.29, 0.717) is 13.0 Å². The summed E-state index contributed by atoms with van der Waals surface area (Å²) in [4.78, 5) is 13.3. The Morgan fingerprint density at radius 1 is 1.44 bits per heavy atom. The second-order valence-corrected chi connectivity index (χ2v) is 3.79. The van der Waals surface area contributed by atoms with E-state index in [2.05, 4.69) is 29.0 Å². The van der Waals surface area contributed by atoms with Gasteiger partial charge < -0.3 is 21.6 Å². The number of nitrogens with zero attached hydrogens (tertiary/aromatic N) is 1. The van der Waals surface area contributed by atoms with E-state index in [0.717, 1.165) is 12.1 Å². The lowest BCUT2D eigenvalue weighted by Crippen LogP contribution is -2.16. The summed E-state index contributed by atoms with van der Waals surface area (Å²) in [6, 6.07) is 4.13. The fourth-order valence-electron chi connectivity index (χ4n) is 1.21. The van der Waals surface area contributed by atoms with Gasteiger partial charge in [0.25, 0.3) is 0 Å². The molecule has 0 spiro atoms. The summed E-state index contributed by atoms with van der Waals surface area (Å²) in [5.41, 5.74) is 13.5. The van der Waals surface area contributed by atoms with Crippen molar-refractivity contribution < 1.29 is 4.79 Å². The van der Waals surface area contributed by atoms with E-state index in [1.165, 1.54) is 11.1 Å². The lowest BCUT2D eigenvalue weighted by atomic mass is 10.1. The van der Waals surface area contributed by atoms with Gasteiger partial charge in [0.1, 0.15) is 6.29 Å². The Hall–Kier alpha value is -1.72. The Bertz CT molecular complexity index is 360. The topological polar surface area (TPSA) is 94.0 Å². The summed E-state index contributed by atoms with van der Waals surface area (Å²) in [6.07, 6.45) is 5.43. The van der Waals surface area contributed by atoms with Crippen molar-refractivity contribution in [1.82, 2.24) is 10.3 Å². The van der Waals surface area contributed by atoms with Gasteiger partial charge in [0, 0.05) is 18.4 Å². The van der Waals surface area contributed by atoms with Gasteiger partial charge in [0.05, 0.1) is 6.67 Å². The smallest absolute Gasteiger partial charge is 0.133 e. The minimum Gasteiger partial charge on any atom is -0.379 e. The fraction of sp³-hybridized carbons (Fsp3) is 0.385. The molecule has 0 aromatic carbocycles. The molecule has 5 nitrogen and oxygen atoms in total. The predicted molar refractivity (Wildman–Crippen MR) is 73.7 cm³/mol. The number of rotatable bonds is 5. The van der Waals surface area contributed by atoms with Crippen molar-refractivity contribution in [3.05, 3.63) is 41.4 Å². The van der Waals surface area contributed by atoms with Crippen molar-refractivity contribution in [2.75, 3.05) is 13.2 Å². The van der Waals surface area contributed by atoms with Gasteiger partial charge in [0.2, 0.25) is 0 Å². The Labute approximate surface area is 108 Å². The molecule has 0 unspecified atom stereocenters. The molecule has 0 radical (unpaired) electrons. The quantitative estimate of drug-likeness (QED) is 0.522. The van der Waals surface area contributed by atoms with Crippen LogP contribution in [0, 0.1) is 6.92 Å². The fourth-order valence-corrected chi connectivity index (χ4v) is 1.21. The predicted octanol–water partition coefficient (Wildman–Crippen LogP) is 0.486. The minimum atomic E-state index is 0.139. The van der Waals surface area contributed by atoms with Crippen LogP contribution < -0.4 is 16.8 Å². The van der Waals surface area contributed by atoms with E-state index in [1.54, 1.807) is 0 Å². The van der Waals surface area contributed by atoms with Crippen molar-refractivity contribution in [2.45, 2.75) is 20.3 Å². The Morgan fingerprint density at radius 3 is 2.56 bits per heavy atom. The first kappa shape index (κ1) is 16.3. The number of nitrogens with one attached hydrogen (secondary N) is 1. The highest BCUT2D eigenvalue weighted by Crippen LogP contribution is 2.06. The summed E-state index contributed by atoms with van der Waals surface area (Å²) in [5.74, 6) is 0. The molecule has 0 saturated heterocycles. The number of aromatic nitrogens is 1. The number of hydrogen-bond acceptors (Lipinski definition) is 5. The van der Waals surface area contributed by atoms with Crippen molar-refractivity contribution in [3.63, 3.8) is 0 Å². The Balaban J connectivity index is 0.000000631. The van der Waals surface area contributed by atoms with Crippen LogP contribution in [0.15, 0.2) is 30.1 Å². The van der Waals surface area contributed by atoms with Crippen LogP contribution in [-0.2, 0) is 11.2 Å². The van der Waals surface area contributed by atoms with E-state index in [9.17, 15) is 0 Å². The summed E-state index contributed by atoms with van der Waals surface area (Å²) in [7, 11) is 0. The van der Waals surface area contributed by atoms with Gasteiger partial charge in [-0.25, -0.2) is 0 Å². The molecular weight excluding hydrogens is 228 g/mol. The standard InChI is InChI=1S/C11H17N3.C2H5NO/c1-9(6-13-8-12)5-11-4-3-10(2)14-7-11;3-1-2-4/h3-4,6-7,13H,5,8,12H2,1-2H3;2H,1,3H2/b9-6+;. The Morgan fingerprint density at radius 2 is 2.11 bits per heavy atom. The summed E-state index contributed by atoms with van der Waals surface area (Å²) < 4.78 is 0.